The second-order valence-corrected chi connectivity index (χ2v) is 6.30. The van der Waals surface area contributed by atoms with Crippen molar-refractivity contribution in [3.63, 3.8) is 0 Å². The van der Waals surface area contributed by atoms with E-state index >= 15 is 0 Å². The van der Waals surface area contributed by atoms with Gasteiger partial charge in [0.15, 0.2) is 12.6 Å². The van der Waals surface area contributed by atoms with Crippen LogP contribution in [0.15, 0.2) is 29.3 Å². The normalized spacial score (nSPS) is 13.5. The molecule has 1 saturated carbocycles. The average Bonchev–Trinajstić information content (AvgIpc) is 3.43. The lowest BCUT2D eigenvalue weighted by atomic mass is 10.1. The maximum Gasteiger partial charge on any atom is 0.258 e. The summed E-state index contributed by atoms with van der Waals surface area (Å²) in [6.45, 7) is 4.01. The van der Waals surface area contributed by atoms with Crippen molar-refractivity contribution in [2.75, 3.05) is 26.7 Å². The van der Waals surface area contributed by atoms with Gasteiger partial charge in [0.1, 0.15) is 5.75 Å². The third-order valence-corrected chi connectivity index (χ3v) is 3.99. The fraction of sp³-hybridized carbons (Fsp3) is 0.579. The van der Waals surface area contributed by atoms with Crippen molar-refractivity contribution in [1.82, 2.24) is 16.0 Å². The Morgan fingerprint density at radius 2 is 1.88 bits per heavy atom. The van der Waals surface area contributed by atoms with E-state index in [1.54, 1.807) is 7.05 Å². The number of aliphatic imine (C=N–C) groups is 1. The summed E-state index contributed by atoms with van der Waals surface area (Å²) >= 11 is 0. The Kier molecular flexibility index (Phi) is 11.1. The van der Waals surface area contributed by atoms with E-state index in [1.165, 1.54) is 12.0 Å². The largest absolute Gasteiger partial charge is 0.484 e. The molecule has 6 nitrogen and oxygen atoms in total. The first-order valence-corrected chi connectivity index (χ1v) is 9.17. The molecule has 1 aliphatic carbocycles. The van der Waals surface area contributed by atoms with E-state index < -0.39 is 0 Å². The summed E-state index contributed by atoms with van der Waals surface area (Å²) in [6.07, 6.45) is 5.39. The number of hydrogen-bond acceptors (Lipinski definition) is 3. The molecule has 1 aliphatic rings. The Balaban J connectivity index is 0.00000338. The highest BCUT2D eigenvalue weighted by Gasteiger charge is 2.23. The molecular weight excluding hydrogens is 443 g/mol. The van der Waals surface area contributed by atoms with Gasteiger partial charge >= 0.3 is 0 Å². The summed E-state index contributed by atoms with van der Waals surface area (Å²) < 4.78 is 5.51. The Hall–Kier alpha value is -1.51. The fourth-order valence-corrected chi connectivity index (χ4v) is 2.33. The van der Waals surface area contributed by atoms with Gasteiger partial charge < -0.3 is 20.7 Å². The van der Waals surface area contributed by atoms with Crippen LogP contribution in [-0.2, 0) is 11.2 Å². The molecule has 0 bridgehead atoms. The van der Waals surface area contributed by atoms with E-state index in [2.05, 4.69) is 27.9 Å². The monoisotopic (exact) mass is 474 g/mol. The van der Waals surface area contributed by atoms with Crippen LogP contribution in [-0.4, -0.2) is 44.7 Å². The summed E-state index contributed by atoms with van der Waals surface area (Å²) in [7, 11) is 1.78. The van der Waals surface area contributed by atoms with Crippen LogP contribution >= 0.6 is 24.0 Å². The molecule has 3 N–H and O–H groups in total. The number of rotatable bonds is 10. The Morgan fingerprint density at radius 1 is 1.19 bits per heavy atom. The quantitative estimate of drug-likeness (QED) is 0.211. The van der Waals surface area contributed by atoms with Crippen LogP contribution in [0.3, 0.4) is 0 Å². The Bertz CT molecular complexity index is 559. The number of ether oxygens (including phenoxy) is 1. The van der Waals surface area contributed by atoms with Crippen molar-refractivity contribution in [2.24, 2.45) is 4.99 Å². The molecule has 0 aromatic heterocycles. The first-order valence-electron chi connectivity index (χ1n) is 9.17. The summed E-state index contributed by atoms with van der Waals surface area (Å²) in [5.41, 5.74) is 1.21. The summed E-state index contributed by atoms with van der Waals surface area (Å²) in [5.74, 6) is 1.52. The minimum atomic E-state index is -0.0438. The molecule has 0 spiro atoms. The lowest BCUT2D eigenvalue weighted by Gasteiger charge is -2.12. The van der Waals surface area contributed by atoms with E-state index in [4.69, 9.17) is 4.74 Å². The number of guanidine groups is 1. The van der Waals surface area contributed by atoms with Crippen LogP contribution in [0.25, 0.3) is 0 Å². The third-order valence-electron chi connectivity index (χ3n) is 3.99. The molecule has 2 rings (SSSR count). The van der Waals surface area contributed by atoms with Gasteiger partial charge in [0.25, 0.3) is 5.91 Å². The van der Waals surface area contributed by atoms with Gasteiger partial charge in [-0.25, -0.2) is 0 Å². The highest BCUT2D eigenvalue weighted by atomic mass is 127. The van der Waals surface area contributed by atoms with Gasteiger partial charge in [0.2, 0.25) is 0 Å². The number of nitrogens with one attached hydrogen (secondary N) is 3. The van der Waals surface area contributed by atoms with Crippen molar-refractivity contribution in [3.8, 4) is 5.75 Å². The molecule has 7 heteroatoms. The van der Waals surface area contributed by atoms with Crippen LogP contribution in [0.4, 0.5) is 0 Å². The molecular formula is C19H31IN4O2. The zero-order valence-electron chi connectivity index (χ0n) is 15.7. The summed E-state index contributed by atoms with van der Waals surface area (Å²) in [4.78, 5) is 15.8. The molecule has 1 amide bonds. The second-order valence-electron chi connectivity index (χ2n) is 6.30. The number of hydrogen-bond donors (Lipinski definition) is 3. The molecule has 146 valence electrons. The topological polar surface area (TPSA) is 74.8 Å². The van der Waals surface area contributed by atoms with Crippen molar-refractivity contribution >= 4 is 35.8 Å². The smallest absolute Gasteiger partial charge is 0.258 e. The zero-order chi connectivity index (χ0) is 17.9. The third kappa shape index (κ3) is 9.26. The molecule has 1 fully saturated rings. The second kappa shape index (κ2) is 12.8. The SMILES string of the molecule is CCCCNC(=NC)NCCc1ccc(OCC(=O)NC2CC2)cc1.I. The maximum absolute atomic E-state index is 11.6. The van der Waals surface area contributed by atoms with Gasteiger partial charge in [0.05, 0.1) is 0 Å². The maximum atomic E-state index is 11.6. The average molecular weight is 474 g/mol. The molecule has 0 atom stereocenters. The highest BCUT2D eigenvalue weighted by Crippen LogP contribution is 2.18. The van der Waals surface area contributed by atoms with E-state index in [-0.39, 0.29) is 36.5 Å². The fourth-order valence-electron chi connectivity index (χ4n) is 2.33. The lowest BCUT2D eigenvalue weighted by Crippen LogP contribution is -2.38. The molecule has 1 aromatic carbocycles. The molecule has 26 heavy (non-hydrogen) atoms. The van der Waals surface area contributed by atoms with Crippen molar-refractivity contribution < 1.29 is 9.53 Å². The number of carbonyl (C=O) groups excluding carboxylic acids is 1. The summed E-state index contributed by atoms with van der Waals surface area (Å²) in [6, 6.07) is 8.26. The van der Waals surface area contributed by atoms with Gasteiger partial charge in [-0.3, -0.25) is 9.79 Å². The first-order chi connectivity index (χ1) is 12.2. The molecule has 0 heterocycles. The Labute approximate surface area is 173 Å². The van der Waals surface area contributed by atoms with E-state index in [0.717, 1.165) is 50.5 Å². The van der Waals surface area contributed by atoms with E-state index in [1.807, 2.05) is 24.3 Å². The molecule has 1 aromatic rings. The predicted molar refractivity (Wildman–Crippen MR) is 116 cm³/mol. The summed E-state index contributed by atoms with van der Waals surface area (Å²) in [5, 5.41) is 9.51. The van der Waals surface area contributed by atoms with Crippen molar-refractivity contribution in [1.29, 1.82) is 0 Å². The van der Waals surface area contributed by atoms with E-state index in [0.29, 0.717) is 6.04 Å². The van der Waals surface area contributed by atoms with Crippen LogP contribution < -0.4 is 20.7 Å². The predicted octanol–water partition coefficient (Wildman–Crippen LogP) is 2.47. The number of carbonyl (C=O) groups is 1. The van der Waals surface area contributed by atoms with Gasteiger partial charge in [0, 0.05) is 26.2 Å². The highest BCUT2D eigenvalue weighted by molar-refractivity contribution is 14.0. The van der Waals surface area contributed by atoms with E-state index in [9.17, 15) is 4.79 Å². The Morgan fingerprint density at radius 3 is 2.50 bits per heavy atom. The number of unbranched alkanes of at least 4 members (excludes halogenated alkanes) is 1. The molecule has 0 aliphatic heterocycles. The minimum Gasteiger partial charge on any atom is -0.484 e. The van der Waals surface area contributed by atoms with Crippen molar-refractivity contribution in [2.45, 2.75) is 45.1 Å². The van der Waals surface area contributed by atoms with Crippen LogP contribution in [0.2, 0.25) is 0 Å². The molecule has 0 unspecified atom stereocenters. The standard InChI is InChI=1S/C19H30N4O2.HI/c1-3-4-12-21-19(20-2)22-13-11-15-5-9-17(10-6-15)25-14-18(24)23-16-7-8-16;/h5-6,9-10,16H,3-4,7-8,11-14H2,1-2H3,(H,23,24)(H2,20,21,22);1H. The lowest BCUT2D eigenvalue weighted by molar-refractivity contribution is -0.123. The van der Waals surface area contributed by atoms with Gasteiger partial charge in [-0.15, -0.1) is 24.0 Å². The van der Waals surface area contributed by atoms with Gasteiger partial charge in [-0.05, 0) is 43.4 Å². The van der Waals surface area contributed by atoms with Crippen LogP contribution in [0.1, 0.15) is 38.2 Å². The first kappa shape index (κ1) is 22.5. The van der Waals surface area contributed by atoms with Gasteiger partial charge in [-0.1, -0.05) is 25.5 Å². The number of nitrogens with zero attached hydrogens (tertiary/aromatic N) is 1. The zero-order valence-corrected chi connectivity index (χ0v) is 18.0. The molecule has 0 radical (unpaired) electrons. The van der Waals surface area contributed by atoms with Crippen LogP contribution in [0, 0.1) is 0 Å². The van der Waals surface area contributed by atoms with Gasteiger partial charge in [-0.2, -0.15) is 0 Å². The van der Waals surface area contributed by atoms with Crippen molar-refractivity contribution in [3.05, 3.63) is 29.8 Å². The minimum absolute atomic E-state index is 0. The van der Waals surface area contributed by atoms with Crippen LogP contribution in [0.5, 0.6) is 5.75 Å². The molecule has 0 saturated heterocycles. The number of halogens is 1. The number of benzene rings is 1. The number of amides is 1.